The summed E-state index contributed by atoms with van der Waals surface area (Å²) in [7, 11) is 0. The molecule has 4 nitrogen and oxygen atoms in total. The second-order valence-corrected chi connectivity index (χ2v) is 6.03. The lowest BCUT2D eigenvalue weighted by Gasteiger charge is -2.23. The summed E-state index contributed by atoms with van der Waals surface area (Å²) in [5, 5.41) is 0. The number of nitrogens with zero attached hydrogens (tertiary/aromatic N) is 2. The minimum absolute atomic E-state index is 0.105. The molecule has 0 bridgehead atoms. The molecule has 0 radical (unpaired) electrons. The molecule has 110 valence electrons. The van der Waals surface area contributed by atoms with Crippen molar-refractivity contribution in [2.24, 2.45) is 16.8 Å². The highest BCUT2D eigenvalue weighted by molar-refractivity contribution is 6.45. The predicted molar refractivity (Wildman–Crippen MR) is 81.9 cm³/mol. The highest BCUT2D eigenvalue weighted by atomic mass is 16.2. The van der Waals surface area contributed by atoms with Crippen LogP contribution in [0.15, 0.2) is 40.9 Å². The molecule has 21 heavy (non-hydrogen) atoms. The van der Waals surface area contributed by atoms with Crippen molar-refractivity contribution in [3.63, 3.8) is 0 Å². The van der Waals surface area contributed by atoms with E-state index >= 15 is 0 Å². The number of fused-ring (bicyclic) bond motifs is 1. The molecule has 4 heteroatoms. The molecule has 2 amide bonds. The smallest absolute Gasteiger partial charge is 0.272 e. The molecular weight excluding hydrogens is 264 g/mol. The SMILES string of the molecule is CC1CCCN(C(=O)C2=NC(=O)C3C=CC=CC3=C2)CC1. The Balaban J connectivity index is 1.79. The van der Waals surface area contributed by atoms with Crippen molar-refractivity contribution in [3.8, 4) is 0 Å². The summed E-state index contributed by atoms with van der Waals surface area (Å²) in [4.78, 5) is 30.5. The van der Waals surface area contributed by atoms with E-state index in [1.54, 1.807) is 6.08 Å². The van der Waals surface area contributed by atoms with Gasteiger partial charge in [-0.05, 0) is 36.8 Å². The third kappa shape index (κ3) is 2.89. The van der Waals surface area contributed by atoms with Gasteiger partial charge in [0.2, 0.25) is 0 Å². The molecule has 0 aromatic heterocycles. The summed E-state index contributed by atoms with van der Waals surface area (Å²) in [5.41, 5.74) is 1.16. The van der Waals surface area contributed by atoms with Crippen molar-refractivity contribution in [2.75, 3.05) is 13.1 Å². The van der Waals surface area contributed by atoms with E-state index in [1.165, 1.54) is 0 Å². The van der Waals surface area contributed by atoms with Crippen molar-refractivity contribution < 1.29 is 9.59 Å². The molecule has 3 aliphatic rings. The fourth-order valence-electron chi connectivity index (χ4n) is 3.04. The van der Waals surface area contributed by atoms with Gasteiger partial charge in [0, 0.05) is 13.1 Å². The van der Waals surface area contributed by atoms with Crippen LogP contribution in [0.4, 0.5) is 0 Å². The topological polar surface area (TPSA) is 49.7 Å². The fourth-order valence-corrected chi connectivity index (χ4v) is 3.04. The maximum absolute atomic E-state index is 12.6. The second kappa shape index (κ2) is 5.80. The van der Waals surface area contributed by atoms with Gasteiger partial charge in [0.05, 0.1) is 5.92 Å². The molecule has 0 spiro atoms. The summed E-state index contributed by atoms with van der Waals surface area (Å²) in [6, 6.07) is 0. The number of amides is 2. The van der Waals surface area contributed by atoms with Crippen molar-refractivity contribution >= 4 is 17.5 Å². The molecule has 2 aliphatic heterocycles. The van der Waals surface area contributed by atoms with Gasteiger partial charge in [0.15, 0.2) is 0 Å². The van der Waals surface area contributed by atoms with E-state index in [2.05, 4.69) is 11.9 Å². The van der Waals surface area contributed by atoms with Crippen molar-refractivity contribution in [2.45, 2.75) is 26.2 Å². The number of likely N-dealkylation sites (tertiary alicyclic amines) is 1. The van der Waals surface area contributed by atoms with Crippen LogP contribution in [0.5, 0.6) is 0 Å². The first-order chi connectivity index (χ1) is 10.1. The van der Waals surface area contributed by atoms with E-state index in [-0.39, 0.29) is 17.7 Å². The van der Waals surface area contributed by atoms with Crippen molar-refractivity contribution in [1.82, 2.24) is 4.90 Å². The summed E-state index contributed by atoms with van der Waals surface area (Å²) in [5.74, 6) is 0.00794. The first kappa shape index (κ1) is 14.0. The first-order valence-electron chi connectivity index (χ1n) is 7.63. The van der Waals surface area contributed by atoms with Crippen LogP contribution in [0, 0.1) is 11.8 Å². The predicted octanol–water partition coefficient (Wildman–Crippen LogP) is 2.28. The van der Waals surface area contributed by atoms with Gasteiger partial charge in [0.1, 0.15) is 5.71 Å². The van der Waals surface area contributed by atoms with Crippen LogP contribution < -0.4 is 0 Å². The maximum atomic E-state index is 12.6. The number of aliphatic imine (C=N–C) groups is 1. The van der Waals surface area contributed by atoms with Gasteiger partial charge in [-0.25, -0.2) is 4.99 Å². The molecule has 2 atom stereocenters. The zero-order chi connectivity index (χ0) is 14.8. The van der Waals surface area contributed by atoms with Gasteiger partial charge < -0.3 is 4.90 Å². The third-order valence-corrected chi connectivity index (χ3v) is 4.39. The van der Waals surface area contributed by atoms with Gasteiger partial charge in [-0.2, -0.15) is 0 Å². The summed E-state index contributed by atoms with van der Waals surface area (Å²) >= 11 is 0. The number of allylic oxidation sites excluding steroid dienone is 3. The Hall–Kier alpha value is -1.97. The molecule has 0 saturated carbocycles. The molecule has 0 aromatic carbocycles. The number of dihydropyridines is 1. The van der Waals surface area contributed by atoms with E-state index < -0.39 is 0 Å². The second-order valence-electron chi connectivity index (χ2n) is 6.03. The van der Waals surface area contributed by atoms with Crippen molar-refractivity contribution in [3.05, 3.63) is 36.0 Å². The Labute approximate surface area is 124 Å². The lowest BCUT2D eigenvalue weighted by molar-refractivity contribution is -0.125. The number of hydrogen-bond acceptors (Lipinski definition) is 2. The third-order valence-electron chi connectivity index (χ3n) is 4.39. The number of carbonyl (C=O) groups excluding carboxylic acids is 2. The Bertz CT molecular complexity index is 584. The van der Waals surface area contributed by atoms with Crippen LogP contribution in [-0.4, -0.2) is 35.5 Å². The van der Waals surface area contributed by atoms with Gasteiger partial charge in [-0.3, -0.25) is 9.59 Å². The minimum Gasteiger partial charge on any atom is -0.337 e. The largest absolute Gasteiger partial charge is 0.337 e. The molecular formula is C17H20N2O2. The summed E-state index contributed by atoms with van der Waals surface area (Å²) in [6.07, 6.45) is 12.4. The monoisotopic (exact) mass is 284 g/mol. The maximum Gasteiger partial charge on any atom is 0.272 e. The minimum atomic E-state index is -0.310. The lowest BCUT2D eigenvalue weighted by Crippen LogP contribution is -2.38. The number of hydrogen-bond donors (Lipinski definition) is 0. The average molecular weight is 284 g/mol. The molecule has 1 saturated heterocycles. The molecule has 0 aromatic rings. The van der Waals surface area contributed by atoms with Crippen LogP contribution in [0.3, 0.4) is 0 Å². The van der Waals surface area contributed by atoms with E-state index in [4.69, 9.17) is 0 Å². The van der Waals surface area contributed by atoms with Crippen LogP contribution in [0.2, 0.25) is 0 Å². The van der Waals surface area contributed by atoms with E-state index in [1.807, 2.05) is 29.2 Å². The van der Waals surface area contributed by atoms with Gasteiger partial charge >= 0.3 is 0 Å². The normalized spacial score (nSPS) is 28.6. The standard InChI is InChI=1S/C17H20N2O2/c1-12-5-4-9-19(10-8-12)17(21)15-11-13-6-2-3-7-14(13)16(20)18-15/h2-3,6-7,11-12,14H,4-5,8-10H2,1H3. The highest BCUT2D eigenvalue weighted by Gasteiger charge is 2.29. The Morgan fingerprint density at radius 3 is 3.00 bits per heavy atom. The van der Waals surface area contributed by atoms with Crippen LogP contribution in [0.25, 0.3) is 0 Å². The Morgan fingerprint density at radius 2 is 2.14 bits per heavy atom. The molecule has 2 heterocycles. The highest BCUT2D eigenvalue weighted by Crippen LogP contribution is 2.25. The molecule has 1 aliphatic carbocycles. The van der Waals surface area contributed by atoms with Gasteiger partial charge in [-0.1, -0.05) is 31.2 Å². The molecule has 2 unspecified atom stereocenters. The van der Waals surface area contributed by atoms with Crippen LogP contribution in [-0.2, 0) is 9.59 Å². The lowest BCUT2D eigenvalue weighted by atomic mass is 9.90. The Morgan fingerprint density at radius 1 is 1.29 bits per heavy atom. The van der Waals surface area contributed by atoms with Gasteiger partial charge in [0.25, 0.3) is 11.8 Å². The summed E-state index contributed by atoms with van der Waals surface area (Å²) in [6.45, 7) is 3.75. The molecule has 0 N–H and O–H groups in total. The van der Waals surface area contributed by atoms with Crippen LogP contribution in [0.1, 0.15) is 26.2 Å². The van der Waals surface area contributed by atoms with E-state index in [9.17, 15) is 9.59 Å². The first-order valence-corrected chi connectivity index (χ1v) is 7.63. The van der Waals surface area contributed by atoms with Gasteiger partial charge in [-0.15, -0.1) is 0 Å². The molecule has 3 rings (SSSR count). The molecule has 1 fully saturated rings. The van der Waals surface area contributed by atoms with E-state index in [0.29, 0.717) is 11.6 Å². The summed E-state index contributed by atoms with van der Waals surface area (Å²) < 4.78 is 0. The van der Waals surface area contributed by atoms with Crippen molar-refractivity contribution in [1.29, 1.82) is 0 Å². The van der Waals surface area contributed by atoms with E-state index in [0.717, 1.165) is 37.9 Å². The number of rotatable bonds is 1. The zero-order valence-corrected chi connectivity index (χ0v) is 12.3. The quantitative estimate of drug-likeness (QED) is 0.741. The number of carbonyl (C=O) groups is 2. The average Bonchev–Trinajstić information content (AvgIpc) is 2.71. The fraction of sp³-hybridized carbons (Fsp3) is 0.471. The zero-order valence-electron chi connectivity index (χ0n) is 12.3. The Kier molecular flexibility index (Phi) is 3.86. The van der Waals surface area contributed by atoms with Crippen LogP contribution >= 0.6 is 0 Å².